The van der Waals surface area contributed by atoms with Crippen molar-refractivity contribution < 1.29 is 14.2 Å². The van der Waals surface area contributed by atoms with Gasteiger partial charge in [0.15, 0.2) is 0 Å². The monoisotopic (exact) mass is 422 g/mol. The molecule has 8 aliphatic rings. The lowest BCUT2D eigenvalue weighted by Crippen LogP contribution is -2.30. The minimum atomic E-state index is 0.819. The van der Waals surface area contributed by atoms with Crippen LogP contribution in [0.4, 0.5) is 0 Å². The van der Waals surface area contributed by atoms with Crippen LogP contribution in [0.3, 0.4) is 0 Å². The third kappa shape index (κ3) is 4.99. The van der Waals surface area contributed by atoms with Gasteiger partial charge in [-0.25, -0.2) is 0 Å². The van der Waals surface area contributed by atoms with E-state index in [1.165, 1.54) is 19.3 Å². The lowest BCUT2D eigenvalue weighted by atomic mass is 9.80. The Balaban J connectivity index is 0.0000000937. The highest BCUT2D eigenvalue weighted by Gasteiger charge is 2.47. The SMILES string of the molecule is C1=CC2CC1C1CCOCC21.C1=CC2CC1C1COCC21.C1=CCC=C1.C1=CCOC1. The minimum absolute atomic E-state index is 0.819. The molecule has 0 aromatic carbocycles. The van der Waals surface area contributed by atoms with Crippen LogP contribution in [0.2, 0.25) is 0 Å². The molecule has 31 heavy (non-hydrogen) atoms. The van der Waals surface area contributed by atoms with Crippen LogP contribution in [-0.2, 0) is 14.2 Å². The molecule has 4 bridgehead atoms. The van der Waals surface area contributed by atoms with Crippen molar-refractivity contribution in [2.24, 2.45) is 47.3 Å². The first-order valence-corrected chi connectivity index (χ1v) is 12.5. The summed E-state index contributed by atoms with van der Waals surface area (Å²) in [6, 6.07) is 0. The molecule has 2 saturated heterocycles. The zero-order valence-electron chi connectivity index (χ0n) is 18.7. The van der Waals surface area contributed by atoms with Gasteiger partial charge in [0, 0.05) is 6.61 Å². The summed E-state index contributed by atoms with van der Waals surface area (Å²) in [5.74, 6) is 7.25. The molecule has 0 radical (unpaired) electrons. The zero-order chi connectivity index (χ0) is 20.9. The first kappa shape index (κ1) is 21.4. The molecule has 0 spiro atoms. The number of hydrogen-bond acceptors (Lipinski definition) is 3. The second-order valence-electron chi connectivity index (χ2n) is 10.1. The van der Waals surface area contributed by atoms with E-state index in [9.17, 15) is 0 Å². The number of ether oxygens (including phenoxy) is 3. The van der Waals surface area contributed by atoms with Crippen molar-refractivity contribution >= 4 is 0 Å². The van der Waals surface area contributed by atoms with Crippen molar-refractivity contribution in [2.45, 2.75) is 25.7 Å². The van der Waals surface area contributed by atoms with Crippen molar-refractivity contribution in [2.75, 3.05) is 39.6 Å². The summed E-state index contributed by atoms with van der Waals surface area (Å²) in [6.45, 7) is 5.76. The molecular formula is C28H38O3. The van der Waals surface area contributed by atoms with Gasteiger partial charge in [0.05, 0.1) is 33.0 Å². The Hall–Kier alpha value is -1.42. The number of fused-ring (bicyclic) bond motifs is 10. The van der Waals surface area contributed by atoms with Gasteiger partial charge in [0.25, 0.3) is 0 Å². The van der Waals surface area contributed by atoms with Crippen molar-refractivity contribution in [3.8, 4) is 0 Å². The van der Waals surface area contributed by atoms with Gasteiger partial charge in [-0.1, -0.05) is 60.8 Å². The Morgan fingerprint density at radius 3 is 1.48 bits per heavy atom. The van der Waals surface area contributed by atoms with E-state index >= 15 is 0 Å². The molecule has 0 amide bonds. The van der Waals surface area contributed by atoms with Gasteiger partial charge in [0.1, 0.15) is 0 Å². The van der Waals surface area contributed by atoms with Crippen LogP contribution in [0, 0.1) is 47.3 Å². The Morgan fingerprint density at radius 1 is 0.516 bits per heavy atom. The summed E-state index contributed by atoms with van der Waals surface area (Å²) < 4.78 is 15.8. The number of allylic oxidation sites excluding steroid dienone is 8. The van der Waals surface area contributed by atoms with Crippen molar-refractivity contribution in [1.29, 1.82) is 0 Å². The maximum Gasteiger partial charge on any atom is 0.0652 e. The van der Waals surface area contributed by atoms with Crippen molar-refractivity contribution in [3.63, 3.8) is 0 Å². The molecule has 8 rings (SSSR count). The van der Waals surface area contributed by atoms with Gasteiger partial charge in [-0.3, -0.25) is 0 Å². The van der Waals surface area contributed by atoms with Crippen LogP contribution in [0.1, 0.15) is 25.7 Å². The van der Waals surface area contributed by atoms with E-state index in [1.807, 2.05) is 12.2 Å². The highest BCUT2D eigenvalue weighted by molar-refractivity contribution is 5.15. The molecule has 0 N–H and O–H groups in total. The Morgan fingerprint density at radius 2 is 1.03 bits per heavy atom. The topological polar surface area (TPSA) is 27.7 Å². The summed E-state index contributed by atoms with van der Waals surface area (Å²) in [6.07, 6.45) is 27.4. The van der Waals surface area contributed by atoms with Crippen LogP contribution in [0.25, 0.3) is 0 Å². The van der Waals surface area contributed by atoms with E-state index in [0.717, 1.165) is 93.4 Å². The highest BCUT2D eigenvalue weighted by Crippen LogP contribution is 2.51. The lowest BCUT2D eigenvalue weighted by Gasteiger charge is -2.32. The van der Waals surface area contributed by atoms with Crippen LogP contribution in [0.15, 0.2) is 60.8 Å². The average Bonchev–Trinajstić information content (AvgIpc) is 3.68. The summed E-state index contributed by atoms with van der Waals surface area (Å²) in [4.78, 5) is 0. The first-order chi connectivity index (χ1) is 15.4. The quantitative estimate of drug-likeness (QED) is 0.491. The van der Waals surface area contributed by atoms with E-state index in [-0.39, 0.29) is 0 Å². The molecule has 3 heteroatoms. The Labute approximate surface area is 187 Å². The second-order valence-corrected chi connectivity index (χ2v) is 10.1. The maximum atomic E-state index is 5.50. The Bertz CT molecular complexity index is 679. The molecule has 0 aromatic rings. The standard InChI is InChI=1S/C10H14O.C9H12O.C5H6.C4H6O/c1-2-8-5-7(1)9-3-4-11-6-10(8)9;1-2-7-3-6(1)8-4-10-5-9(7)8;2*1-2-4-5-3-1/h1-2,7-10H,3-6H2;1-2,6-9H,3-5H2;1-4H,5H2;1-2H,3-4H2. The van der Waals surface area contributed by atoms with E-state index in [0.29, 0.717) is 0 Å². The molecule has 168 valence electrons. The first-order valence-electron chi connectivity index (χ1n) is 12.5. The minimum Gasteiger partial charge on any atom is -0.381 e. The lowest BCUT2D eigenvalue weighted by molar-refractivity contribution is 0.0126. The third-order valence-electron chi connectivity index (χ3n) is 8.38. The van der Waals surface area contributed by atoms with Crippen LogP contribution in [0.5, 0.6) is 0 Å². The molecule has 5 aliphatic carbocycles. The van der Waals surface area contributed by atoms with E-state index in [2.05, 4.69) is 48.6 Å². The van der Waals surface area contributed by atoms with Crippen molar-refractivity contribution in [3.05, 3.63) is 60.8 Å². The summed E-state index contributed by atoms with van der Waals surface area (Å²) in [5.41, 5.74) is 0. The van der Waals surface area contributed by atoms with Crippen molar-refractivity contribution in [1.82, 2.24) is 0 Å². The highest BCUT2D eigenvalue weighted by atomic mass is 16.5. The van der Waals surface area contributed by atoms with Gasteiger partial charge in [-0.15, -0.1) is 0 Å². The molecule has 0 aromatic heterocycles. The fourth-order valence-electron chi connectivity index (χ4n) is 6.74. The maximum absolute atomic E-state index is 5.50. The zero-order valence-corrected chi connectivity index (χ0v) is 18.7. The third-order valence-corrected chi connectivity index (χ3v) is 8.38. The molecule has 8 atom stereocenters. The molecule has 3 nitrogen and oxygen atoms in total. The average molecular weight is 423 g/mol. The number of hydrogen-bond donors (Lipinski definition) is 0. The predicted octanol–water partition coefficient (Wildman–Crippen LogP) is 5.38. The van der Waals surface area contributed by atoms with Gasteiger partial charge >= 0.3 is 0 Å². The summed E-state index contributed by atoms with van der Waals surface area (Å²) >= 11 is 0. The summed E-state index contributed by atoms with van der Waals surface area (Å²) in [7, 11) is 0. The molecule has 3 heterocycles. The second kappa shape index (κ2) is 10.5. The van der Waals surface area contributed by atoms with Crippen LogP contribution >= 0.6 is 0 Å². The van der Waals surface area contributed by atoms with Gasteiger partial charge in [-0.2, -0.15) is 0 Å². The largest absolute Gasteiger partial charge is 0.381 e. The summed E-state index contributed by atoms with van der Waals surface area (Å²) in [5, 5.41) is 0. The molecule has 3 aliphatic heterocycles. The molecule has 2 saturated carbocycles. The van der Waals surface area contributed by atoms with Crippen LogP contribution in [-0.4, -0.2) is 39.6 Å². The molecule has 4 fully saturated rings. The van der Waals surface area contributed by atoms with E-state index in [1.54, 1.807) is 0 Å². The fourth-order valence-corrected chi connectivity index (χ4v) is 6.74. The molecule has 8 unspecified atom stereocenters. The van der Waals surface area contributed by atoms with Gasteiger partial charge in [0.2, 0.25) is 0 Å². The Kier molecular flexibility index (Phi) is 7.23. The fraction of sp³-hybridized carbons (Fsp3) is 0.643. The predicted molar refractivity (Wildman–Crippen MR) is 125 cm³/mol. The molecular weight excluding hydrogens is 384 g/mol. The van der Waals surface area contributed by atoms with E-state index < -0.39 is 0 Å². The van der Waals surface area contributed by atoms with Gasteiger partial charge in [-0.05, 0) is 73.0 Å². The normalized spacial score (nSPS) is 43.1. The van der Waals surface area contributed by atoms with Gasteiger partial charge < -0.3 is 14.2 Å². The number of rotatable bonds is 0. The van der Waals surface area contributed by atoms with Crippen LogP contribution < -0.4 is 0 Å². The smallest absolute Gasteiger partial charge is 0.0652 e. The van der Waals surface area contributed by atoms with E-state index in [4.69, 9.17) is 14.2 Å².